The van der Waals surface area contributed by atoms with Gasteiger partial charge in [0.15, 0.2) is 0 Å². The largest absolute Gasteiger partial charge is 0.514 e. The highest BCUT2D eigenvalue weighted by Crippen LogP contribution is 2.26. The molecule has 4 nitrogen and oxygen atoms in total. The Balaban J connectivity index is 1.94. The van der Waals surface area contributed by atoms with E-state index in [-0.39, 0.29) is 6.61 Å². The molecule has 0 saturated carbocycles. The Kier molecular flexibility index (Phi) is 5.83. The van der Waals surface area contributed by atoms with E-state index in [1.807, 2.05) is 37.3 Å². The highest BCUT2D eigenvalue weighted by Gasteiger charge is 2.16. The standard InChI is InChI=1S/C18H20O4/c1-3-11-20-18(19)22-17-12-16(10-9-14(17)2)21-13-15-7-5-4-6-8-15/h3-8,12H,1,9-11,13H2,2H3. The molecule has 0 spiro atoms. The van der Waals surface area contributed by atoms with Gasteiger partial charge in [-0.25, -0.2) is 4.79 Å². The first-order chi connectivity index (χ1) is 10.7. The molecule has 1 aliphatic rings. The molecule has 0 bridgehead atoms. The first-order valence-corrected chi connectivity index (χ1v) is 7.21. The number of rotatable bonds is 6. The molecule has 1 aliphatic carbocycles. The fourth-order valence-corrected chi connectivity index (χ4v) is 2.00. The number of hydrogen-bond acceptors (Lipinski definition) is 4. The molecule has 0 aromatic heterocycles. The van der Waals surface area contributed by atoms with E-state index in [2.05, 4.69) is 6.58 Å². The summed E-state index contributed by atoms with van der Waals surface area (Å²) in [5.41, 5.74) is 2.10. The molecule has 0 atom stereocenters. The maximum absolute atomic E-state index is 11.5. The van der Waals surface area contributed by atoms with Gasteiger partial charge in [-0.2, -0.15) is 0 Å². The second kappa shape index (κ2) is 8.08. The number of hydrogen-bond donors (Lipinski definition) is 0. The van der Waals surface area contributed by atoms with Gasteiger partial charge in [-0.15, -0.1) is 0 Å². The minimum atomic E-state index is -0.727. The molecule has 116 valence electrons. The lowest BCUT2D eigenvalue weighted by Gasteiger charge is -2.18. The van der Waals surface area contributed by atoms with Gasteiger partial charge >= 0.3 is 6.16 Å². The van der Waals surface area contributed by atoms with E-state index in [9.17, 15) is 4.79 Å². The summed E-state index contributed by atoms with van der Waals surface area (Å²) in [4.78, 5) is 11.5. The van der Waals surface area contributed by atoms with Crippen LogP contribution in [0.4, 0.5) is 4.79 Å². The van der Waals surface area contributed by atoms with E-state index in [1.54, 1.807) is 6.08 Å². The van der Waals surface area contributed by atoms with Gasteiger partial charge < -0.3 is 14.2 Å². The van der Waals surface area contributed by atoms with Crippen molar-refractivity contribution in [1.29, 1.82) is 0 Å². The van der Waals surface area contributed by atoms with E-state index >= 15 is 0 Å². The Morgan fingerprint density at radius 3 is 2.77 bits per heavy atom. The van der Waals surface area contributed by atoms with Crippen molar-refractivity contribution in [3.63, 3.8) is 0 Å². The normalized spacial score (nSPS) is 14.1. The summed E-state index contributed by atoms with van der Waals surface area (Å²) in [6.45, 7) is 6.05. The average molecular weight is 300 g/mol. The predicted molar refractivity (Wildman–Crippen MR) is 83.9 cm³/mol. The fourth-order valence-electron chi connectivity index (χ4n) is 2.00. The van der Waals surface area contributed by atoms with Crippen molar-refractivity contribution < 1.29 is 19.0 Å². The molecular weight excluding hydrogens is 280 g/mol. The molecule has 0 saturated heterocycles. The van der Waals surface area contributed by atoms with Gasteiger partial charge in [0.1, 0.15) is 24.7 Å². The predicted octanol–water partition coefficient (Wildman–Crippen LogP) is 4.49. The Morgan fingerprint density at radius 1 is 1.27 bits per heavy atom. The maximum Gasteiger partial charge on any atom is 0.514 e. The highest BCUT2D eigenvalue weighted by molar-refractivity contribution is 5.62. The molecule has 0 radical (unpaired) electrons. The number of carbonyl (C=O) groups excluding carboxylic acids is 1. The minimum Gasteiger partial charge on any atom is -0.493 e. The lowest BCUT2D eigenvalue weighted by atomic mass is 10.0. The van der Waals surface area contributed by atoms with E-state index in [1.165, 1.54) is 6.08 Å². The monoisotopic (exact) mass is 300 g/mol. The number of carbonyl (C=O) groups is 1. The topological polar surface area (TPSA) is 44.8 Å². The van der Waals surface area contributed by atoms with Crippen LogP contribution in [0, 0.1) is 0 Å². The molecule has 0 unspecified atom stereocenters. The van der Waals surface area contributed by atoms with Crippen LogP contribution in [0.2, 0.25) is 0 Å². The van der Waals surface area contributed by atoms with E-state index in [4.69, 9.17) is 14.2 Å². The van der Waals surface area contributed by atoms with Gasteiger partial charge in [-0.05, 0) is 24.5 Å². The zero-order chi connectivity index (χ0) is 15.8. The Labute approximate surface area is 130 Å². The summed E-state index contributed by atoms with van der Waals surface area (Å²) in [7, 11) is 0. The third kappa shape index (κ3) is 4.81. The number of ether oxygens (including phenoxy) is 3. The summed E-state index contributed by atoms with van der Waals surface area (Å²) in [5.74, 6) is 1.31. The average Bonchev–Trinajstić information content (AvgIpc) is 2.54. The van der Waals surface area contributed by atoms with Gasteiger partial charge in [0.05, 0.1) is 0 Å². The van der Waals surface area contributed by atoms with Crippen molar-refractivity contribution >= 4 is 6.16 Å². The lowest BCUT2D eigenvalue weighted by Crippen LogP contribution is -2.10. The van der Waals surface area contributed by atoms with Crippen LogP contribution in [0.25, 0.3) is 0 Å². The number of benzene rings is 1. The van der Waals surface area contributed by atoms with Crippen LogP contribution in [0.1, 0.15) is 25.3 Å². The van der Waals surface area contributed by atoms with Crippen LogP contribution >= 0.6 is 0 Å². The Morgan fingerprint density at radius 2 is 2.05 bits per heavy atom. The van der Waals surface area contributed by atoms with Crippen LogP contribution < -0.4 is 0 Å². The van der Waals surface area contributed by atoms with E-state index < -0.39 is 6.16 Å². The van der Waals surface area contributed by atoms with Crippen LogP contribution in [0.3, 0.4) is 0 Å². The summed E-state index contributed by atoms with van der Waals surface area (Å²) < 4.78 is 15.8. The maximum atomic E-state index is 11.5. The molecule has 1 aromatic rings. The molecule has 0 amide bonds. The molecule has 22 heavy (non-hydrogen) atoms. The molecule has 0 N–H and O–H groups in total. The third-order valence-electron chi connectivity index (χ3n) is 3.24. The Bertz CT molecular complexity index is 584. The molecule has 2 rings (SSSR count). The first-order valence-electron chi connectivity index (χ1n) is 7.21. The number of allylic oxidation sites excluding steroid dienone is 3. The first kappa shape index (κ1) is 15.9. The summed E-state index contributed by atoms with van der Waals surface area (Å²) in [6, 6.07) is 9.93. The van der Waals surface area contributed by atoms with Gasteiger partial charge in [-0.3, -0.25) is 0 Å². The minimum absolute atomic E-state index is 0.131. The van der Waals surface area contributed by atoms with Gasteiger partial charge in [-0.1, -0.05) is 43.0 Å². The summed E-state index contributed by atoms with van der Waals surface area (Å²) >= 11 is 0. The van der Waals surface area contributed by atoms with E-state index in [0.29, 0.717) is 12.4 Å². The van der Waals surface area contributed by atoms with Gasteiger partial charge in [0.25, 0.3) is 0 Å². The second-order valence-corrected chi connectivity index (χ2v) is 4.98. The fraction of sp³-hybridized carbons (Fsp3) is 0.278. The summed E-state index contributed by atoms with van der Waals surface area (Å²) in [5, 5.41) is 0. The van der Waals surface area contributed by atoms with Crippen molar-refractivity contribution in [2.75, 3.05) is 6.61 Å². The van der Waals surface area contributed by atoms with Crippen molar-refractivity contribution in [2.24, 2.45) is 0 Å². The zero-order valence-electron chi connectivity index (χ0n) is 12.7. The molecule has 4 heteroatoms. The molecule has 0 aliphatic heterocycles. The van der Waals surface area contributed by atoms with E-state index in [0.717, 1.165) is 29.7 Å². The SMILES string of the molecule is C=CCOC(=O)OC1=C(C)CCC(OCc2ccccc2)=C1. The van der Waals surface area contributed by atoms with Crippen LogP contribution in [-0.2, 0) is 20.8 Å². The molecule has 0 heterocycles. The Hall–Kier alpha value is -2.49. The van der Waals surface area contributed by atoms with Crippen molar-refractivity contribution in [3.05, 3.63) is 71.7 Å². The van der Waals surface area contributed by atoms with Crippen LogP contribution in [0.5, 0.6) is 0 Å². The molecule has 1 aromatic carbocycles. The van der Waals surface area contributed by atoms with Gasteiger partial charge in [0.2, 0.25) is 0 Å². The zero-order valence-corrected chi connectivity index (χ0v) is 12.7. The van der Waals surface area contributed by atoms with Crippen molar-refractivity contribution in [3.8, 4) is 0 Å². The van der Waals surface area contributed by atoms with Crippen LogP contribution in [0.15, 0.2) is 66.2 Å². The van der Waals surface area contributed by atoms with Crippen LogP contribution in [-0.4, -0.2) is 12.8 Å². The molecular formula is C18H20O4. The smallest absolute Gasteiger partial charge is 0.493 e. The van der Waals surface area contributed by atoms with Crippen molar-refractivity contribution in [2.45, 2.75) is 26.4 Å². The molecule has 0 fully saturated rings. The summed E-state index contributed by atoms with van der Waals surface area (Å²) in [6.07, 6.45) is 4.12. The van der Waals surface area contributed by atoms with Crippen molar-refractivity contribution in [1.82, 2.24) is 0 Å². The third-order valence-corrected chi connectivity index (χ3v) is 3.24. The lowest BCUT2D eigenvalue weighted by molar-refractivity contribution is 0.0867. The second-order valence-electron chi connectivity index (χ2n) is 4.98. The van der Waals surface area contributed by atoms with Gasteiger partial charge in [0, 0.05) is 12.5 Å². The highest BCUT2D eigenvalue weighted by atomic mass is 16.7. The quantitative estimate of drug-likeness (QED) is 0.573.